The predicted molar refractivity (Wildman–Crippen MR) is 179 cm³/mol. The highest BCUT2D eigenvalue weighted by Crippen LogP contribution is 2.42. The number of rotatable bonds is 11. The summed E-state index contributed by atoms with van der Waals surface area (Å²) < 4.78 is 21.3. The lowest BCUT2D eigenvalue weighted by atomic mass is 9.93. The number of carboxylic acids is 1. The molecule has 3 N–H and O–H groups in total. The van der Waals surface area contributed by atoms with Crippen LogP contribution in [0.15, 0.2) is 48.5 Å². The molecule has 0 amide bonds. The zero-order valence-electron chi connectivity index (χ0n) is 26.7. The normalized spacial score (nSPS) is 12.1. The summed E-state index contributed by atoms with van der Waals surface area (Å²) in [7, 11) is 6.23. The second-order valence-electron chi connectivity index (χ2n) is 11.2. The lowest BCUT2D eigenvalue weighted by Gasteiger charge is -2.10. The van der Waals surface area contributed by atoms with E-state index in [2.05, 4.69) is 22.1 Å². The second kappa shape index (κ2) is 13.7. The topological polar surface area (TPSA) is 149 Å². The van der Waals surface area contributed by atoms with Gasteiger partial charge in [0, 0.05) is 43.5 Å². The maximum Gasteiger partial charge on any atom is 0.339 e. The van der Waals surface area contributed by atoms with Crippen molar-refractivity contribution in [3.05, 3.63) is 82.2 Å². The van der Waals surface area contributed by atoms with Crippen molar-refractivity contribution in [2.75, 3.05) is 48.3 Å². The first-order valence-electron chi connectivity index (χ1n) is 15.3. The first-order chi connectivity index (χ1) is 22.9. The van der Waals surface area contributed by atoms with Crippen molar-refractivity contribution in [1.29, 1.82) is 0 Å². The van der Waals surface area contributed by atoms with Gasteiger partial charge in [0.05, 0.1) is 71.9 Å². The number of nitrogens with zero attached hydrogens (tertiary/aromatic N) is 2. The number of aromatic nitrogens is 4. The molecule has 0 radical (unpaired) electrons. The third kappa shape index (κ3) is 6.20. The molecule has 5 heterocycles. The molecule has 0 spiro atoms. The van der Waals surface area contributed by atoms with Crippen molar-refractivity contribution in [3.8, 4) is 22.5 Å². The summed E-state index contributed by atoms with van der Waals surface area (Å²) in [6.07, 6.45) is 4.05. The van der Waals surface area contributed by atoms with Crippen LogP contribution >= 0.6 is 0 Å². The van der Waals surface area contributed by atoms with E-state index in [1.165, 1.54) is 13.2 Å². The Morgan fingerprint density at radius 2 is 1.34 bits per heavy atom. The van der Waals surface area contributed by atoms with E-state index in [4.69, 9.17) is 28.9 Å². The Morgan fingerprint density at radius 3 is 1.98 bits per heavy atom. The van der Waals surface area contributed by atoms with Crippen LogP contribution in [0.25, 0.3) is 56.2 Å². The number of aromatic amines is 2. The van der Waals surface area contributed by atoms with Crippen molar-refractivity contribution in [2.45, 2.75) is 19.3 Å². The number of carbonyl (C=O) groups is 2. The van der Waals surface area contributed by atoms with Crippen molar-refractivity contribution < 1.29 is 33.6 Å². The maximum atomic E-state index is 13.2. The number of nitrogens with one attached hydrogen (secondary N) is 2. The number of ether oxygens (including phenoxy) is 4. The van der Waals surface area contributed by atoms with Crippen LogP contribution in [0.1, 0.15) is 49.7 Å². The van der Waals surface area contributed by atoms with Gasteiger partial charge in [0.2, 0.25) is 0 Å². The Bertz CT molecular complexity index is 2060. The number of carboxylic acid groups (broad SMARTS) is 1. The van der Waals surface area contributed by atoms with E-state index in [9.17, 15) is 14.7 Å². The van der Waals surface area contributed by atoms with E-state index in [1.807, 2.05) is 30.3 Å². The number of esters is 1. The van der Waals surface area contributed by atoms with Crippen LogP contribution in [0.2, 0.25) is 0 Å². The molecule has 2 aliphatic rings. The first-order valence-corrected chi connectivity index (χ1v) is 15.3. The van der Waals surface area contributed by atoms with Crippen LogP contribution in [0, 0.1) is 0 Å². The summed E-state index contributed by atoms with van der Waals surface area (Å²) in [5.74, 6) is -2.00. The van der Waals surface area contributed by atoms with Gasteiger partial charge >= 0.3 is 11.9 Å². The maximum absolute atomic E-state index is 13.2. The van der Waals surface area contributed by atoms with Crippen molar-refractivity contribution in [2.24, 2.45) is 0 Å². The number of aromatic carboxylic acids is 1. The van der Waals surface area contributed by atoms with Crippen LogP contribution in [0.4, 0.5) is 0 Å². The fourth-order valence-electron chi connectivity index (χ4n) is 6.03. The summed E-state index contributed by atoms with van der Waals surface area (Å²) in [5.41, 5.74) is 9.66. The lowest BCUT2D eigenvalue weighted by molar-refractivity contribution is 0.0583. The molecule has 6 rings (SSSR count). The van der Waals surface area contributed by atoms with Gasteiger partial charge in [0.25, 0.3) is 0 Å². The van der Waals surface area contributed by atoms with E-state index < -0.39 is 11.9 Å². The molecule has 11 nitrogen and oxygen atoms in total. The Hall–Kier alpha value is -5.10. The smallest absolute Gasteiger partial charge is 0.339 e. The second-order valence-corrected chi connectivity index (χ2v) is 11.2. The molecule has 0 aliphatic carbocycles. The largest absolute Gasteiger partial charge is 0.478 e. The van der Waals surface area contributed by atoms with Crippen LogP contribution in [0.3, 0.4) is 0 Å². The molecule has 0 unspecified atom stereocenters. The Labute approximate surface area is 271 Å². The molecule has 0 saturated carbocycles. The summed E-state index contributed by atoms with van der Waals surface area (Å²) in [5, 5.41) is 10.1. The minimum absolute atomic E-state index is 0.0540. The number of H-pyrrole nitrogens is 2. The number of methoxy groups -OCH3 is 4. The molecular weight excluding hydrogens is 600 g/mol. The summed E-state index contributed by atoms with van der Waals surface area (Å²) >= 11 is 0. The fraction of sp³-hybridized carbons (Fsp3) is 0.278. The standard InChI is InChI=1S/C36H36N4O7/c1-44-14-11-20-17-29-30-18-21(12-15-45-2)26(38-30)9-10-28-23-5-6-24(35(41)42)33(36(43)47-4)32(23)34(40-28)31-19-22(13-16-46-3)27(39-31)8-7-25(20)37-29/h5-10,17-19,38-39H,11-16H2,1-4H3,(H,41,42). The molecule has 0 fully saturated rings. The van der Waals surface area contributed by atoms with Gasteiger partial charge in [-0.25, -0.2) is 19.6 Å². The molecule has 47 heavy (non-hydrogen) atoms. The Kier molecular flexibility index (Phi) is 9.30. The quantitative estimate of drug-likeness (QED) is 0.147. The van der Waals surface area contributed by atoms with E-state index in [0.717, 1.165) is 44.6 Å². The SMILES string of the molecule is COCCC1=Cc2nc1ccc1[nH]c(cc1CCOC)c1nc(ccc3[nH]c2cc3CCOC)-c2ccc(C(=O)O)c(C(=O)OC)c2-1. The molecule has 2 aliphatic heterocycles. The van der Waals surface area contributed by atoms with Crippen LogP contribution in [-0.4, -0.2) is 85.2 Å². The zero-order chi connectivity index (χ0) is 33.1. The van der Waals surface area contributed by atoms with Gasteiger partial charge in [-0.2, -0.15) is 0 Å². The van der Waals surface area contributed by atoms with Crippen molar-refractivity contribution in [1.82, 2.24) is 19.9 Å². The van der Waals surface area contributed by atoms with Crippen LogP contribution in [-0.2, 0) is 31.8 Å². The average molecular weight is 637 g/mol. The third-order valence-corrected chi connectivity index (χ3v) is 8.39. The number of hydrogen-bond acceptors (Lipinski definition) is 8. The molecule has 11 heteroatoms. The average Bonchev–Trinajstić information content (AvgIpc) is 3.86. The van der Waals surface area contributed by atoms with Gasteiger partial charge in [-0.05, 0) is 84.5 Å². The summed E-state index contributed by atoms with van der Waals surface area (Å²) in [6.45, 7) is 1.56. The molecular formula is C36H36N4O7. The highest BCUT2D eigenvalue weighted by Gasteiger charge is 2.30. The van der Waals surface area contributed by atoms with Gasteiger partial charge in [-0.3, -0.25) is 0 Å². The van der Waals surface area contributed by atoms with Crippen molar-refractivity contribution in [3.63, 3.8) is 0 Å². The third-order valence-electron chi connectivity index (χ3n) is 8.39. The Morgan fingerprint density at radius 1 is 0.723 bits per heavy atom. The number of carbonyl (C=O) groups excluding carboxylic acids is 1. The van der Waals surface area contributed by atoms with E-state index >= 15 is 0 Å². The highest BCUT2D eigenvalue weighted by atomic mass is 16.5. The first kappa shape index (κ1) is 31.9. The van der Waals surface area contributed by atoms with Gasteiger partial charge < -0.3 is 34.0 Å². The summed E-state index contributed by atoms with van der Waals surface area (Å²) in [6, 6.07) is 14.9. The molecule has 8 bridgehead atoms. The van der Waals surface area contributed by atoms with Crippen molar-refractivity contribution >= 4 is 45.7 Å². The number of hydrogen-bond donors (Lipinski definition) is 3. The summed E-state index contributed by atoms with van der Waals surface area (Å²) in [4.78, 5) is 42.6. The van der Waals surface area contributed by atoms with E-state index in [0.29, 0.717) is 67.1 Å². The van der Waals surface area contributed by atoms with Gasteiger partial charge in [0.1, 0.15) is 0 Å². The minimum atomic E-state index is -1.24. The zero-order valence-corrected chi connectivity index (χ0v) is 26.7. The Balaban J connectivity index is 1.73. The van der Waals surface area contributed by atoms with Crippen LogP contribution in [0.5, 0.6) is 0 Å². The van der Waals surface area contributed by atoms with Gasteiger partial charge in [-0.15, -0.1) is 0 Å². The number of benzene rings is 1. The highest BCUT2D eigenvalue weighted by molar-refractivity contribution is 6.12. The van der Waals surface area contributed by atoms with E-state index in [1.54, 1.807) is 27.4 Å². The van der Waals surface area contributed by atoms with Gasteiger partial charge in [0.15, 0.2) is 0 Å². The monoisotopic (exact) mass is 636 g/mol. The van der Waals surface area contributed by atoms with Crippen LogP contribution < -0.4 is 0 Å². The molecule has 1 aromatic carbocycles. The molecule has 0 atom stereocenters. The predicted octanol–water partition coefficient (Wildman–Crippen LogP) is 6.09. The minimum Gasteiger partial charge on any atom is -0.478 e. The molecule has 242 valence electrons. The molecule has 4 aromatic rings. The number of fused-ring (bicyclic) bond motifs is 13. The van der Waals surface area contributed by atoms with Gasteiger partial charge in [-0.1, -0.05) is 6.07 Å². The van der Waals surface area contributed by atoms with E-state index in [-0.39, 0.29) is 11.1 Å². The molecule has 3 aromatic heterocycles. The fourth-order valence-corrected chi connectivity index (χ4v) is 6.03. The molecule has 0 saturated heterocycles. The lowest BCUT2D eigenvalue weighted by Crippen LogP contribution is -2.12.